The molecule has 0 spiro atoms. The summed E-state index contributed by atoms with van der Waals surface area (Å²) in [4.78, 5) is 36.3. The highest BCUT2D eigenvalue weighted by Crippen LogP contribution is 2.26. The molecule has 0 unspecified atom stereocenters. The average Bonchev–Trinajstić information content (AvgIpc) is 2.85. The number of amides is 1. The van der Waals surface area contributed by atoms with Gasteiger partial charge in [0.2, 0.25) is 0 Å². The Morgan fingerprint density at radius 3 is 2.37 bits per heavy atom. The molecule has 0 saturated carbocycles. The molecule has 0 aliphatic carbocycles. The summed E-state index contributed by atoms with van der Waals surface area (Å²) in [6.07, 6.45) is 0. The number of ether oxygens (including phenoxy) is 1. The summed E-state index contributed by atoms with van der Waals surface area (Å²) in [5.41, 5.74) is 1.40. The summed E-state index contributed by atoms with van der Waals surface area (Å²) in [6, 6.07) is 5.74. The molecule has 0 saturated heterocycles. The van der Waals surface area contributed by atoms with Gasteiger partial charge in [0, 0.05) is 23.3 Å². The molecule has 1 amide bonds. The molecule has 0 radical (unpaired) electrons. The molecule has 10 heteroatoms. The van der Waals surface area contributed by atoms with Crippen molar-refractivity contribution in [2.75, 3.05) is 11.9 Å². The van der Waals surface area contributed by atoms with Crippen molar-refractivity contribution in [2.24, 2.45) is 7.05 Å². The van der Waals surface area contributed by atoms with Crippen LogP contribution in [0, 0.1) is 13.8 Å². The number of anilines is 1. The van der Waals surface area contributed by atoms with Gasteiger partial charge in [0.15, 0.2) is 6.61 Å². The third-order valence-corrected chi connectivity index (χ3v) is 4.34. The van der Waals surface area contributed by atoms with E-state index in [1.165, 1.54) is 28.9 Å². The topological polar surface area (TPSA) is 90.3 Å². The summed E-state index contributed by atoms with van der Waals surface area (Å²) >= 11 is 0.386. The van der Waals surface area contributed by atoms with Gasteiger partial charge in [-0.2, -0.15) is 13.9 Å². The second-order valence-electron chi connectivity index (χ2n) is 5.53. The Hall–Kier alpha value is -2.75. The van der Waals surface area contributed by atoms with Gasteiger partial charge in [0.05, 0.1) is 11.3 Å². The lowest BCUT2D eigenvalue weighted by molar-refractivity contribution is -0.142. The molecular weight excluding hydrogens is 380 g/mol. The number of aromatic nitrogens is 2. The minimum atomic E-state index is -2.53. The second-order valence-corrected chi connectivity index (χ2v) is 6.59. The molecule has 0 atom stereocenters. The van der Waals surface area contributed by atoms with Crippen LogP contribution in [0.5, 0.6) is 0 Å². The van der Waals surface area contributed by atoms with Crippen LogP contribution < -0.4 is 5.32 Å². The first kappa shape index (κ1) is 20.6. The standard InChI is InChI=1S/C17H17F2N3O4S/c1-9-14(10(2)22(3)21-9)15(24)16(25)26-8-13(23)20-11-4-6-12(7-5-11)27-17(18)19/h4-7,17H,8H2,1-3H3,(H,20,23). The third-order valence-electron chi connectivity index (χ3n) is 3.62. The number of hydrogen-bond acceptors (Lipinski definition) is 6. The van der Waals surface area contributed by atoms with Crippen molar-refractivity contribution in [1.82, 2.24) is 9.78 Å². The van der Waals surface area contributed by atoms with Gasteiger partial charge in [0.1, 0.15) is 0 Å². The number of carbonyl (C=O) groups excluding carboxylic acids is 3. The lowest BCUT2D eigenvalue weighted by Crippen LogP contribution is -2.25. The predicted octanol–water partition coefficient (Wildman–Crippen LogP) is 2.72. The van der Waals surface area contributed by atoms with Gasteiger partial charge in [-0.3, -0.25) is 14.3 Å². The van der Waals surface area contributed by atoms with E-state index >= 15 is 0 Å². The largest absolute Gasteiger partial charge is 0.450 e. The zero-order valence-corrected chi connectivity index (χ0v) is 15.6. The Kier molecular flexibility index (Phi) is 6.67. The lowest BCUT2D eigenvalue weighted by Gasteiger charge is -2.07. The van der Waals surface area contributed by atoms with Crippen LogP contribution in [0.25, 0.3) is 0 Å². The van der Waals surface area contributed by atoms with E-state index in [0.717, 1.165) is 0 Å². The SMILES string of the molecule is Cc1nn(C)c(C)c1C(=O)C(=O)OCC(=O)Nc1ccc(SC(F)F)cc1. The molecule has 1 heterocycles. The number of thioether (sulfide) groups is 1. The fourth-order valence-electron chi connectivity index (χ4n) is 2.32. The van der Waals surface area contributed by atoms with Gasteiger partial charge in [-0.1, -0.05) is 11.8 Å². The fraction of sp³-hybridized carbons (Fsp3) is 0.294. The van der Waals surface area contributed by atoms with Crippen LogP contribution in [0.2, 0.25) is 0 Å². The molecule has 7 nitrogen and oxygen atoms in total. The summed E-state index contributed by atoms with van der Waals surface area (Å²) in [6.45, 7) is 2.58. The van der Waals surface area contributed by atoms with Gasteiger partial charge in [-0.15, -0.1) is 0 Å². The van der Waals surface area contributed by atoms with E-state index in [1.807, 2.05) is 0 Å². The summed E-state index contributed by atoms with van der Waals surface area (Å²) in [5.74, 6) is -5.23. The number of hydrogen-bond donors (Lipinski definition) is 1. The number of nitrogens with one attached hydrogen (secondary N) is 1. The molecule has 144 valence electrons. The lowest BCUT2D eigenvalue weighted by atomic mass is 10.1. The first-order valence-corrected chi connectivity index (χ1v) is 8.63. The van der Waals surface area contributed by atoms with Crippen molar-refractivity contribution in [3.63, 3.8) is 0 Å². The predicted molar refractivity (Wildman–Crippen MR) is 94.9 cm³/mol. The van der Waals surface area contributed by atoms with Crippen molar-refractivity contribution in [1.29, 1.82) is 0 Å². The molecular formula is C17H17F2N3O4S. The van der Waals surface area contributed by atoms with E-state index < -0.39 is 30.0 Å². The maximum Gasteiger partial charge on any atom is 0.380 e. The number of aryl methyl sites for hydroxylation is 2. The zero-order valence-electron chi connectivity index (χ0n) is 14.8. The van der Waals surface area contributed by atoms with E-state index in [0.29, 0.717) is 33.7 Å². The van der Waals surface area contributed by atoms with Crippen LogP contribution in [-0.4, -0.2) is 39.8 Å². The van der Waals surface area contributed by atoms with Gasteiger partial charge in [0.25, 0.3) is 17.4 Å². The van der Waals surface area contributed by atoms with Gasteiger partial charge in [-0.05, 0) is 38.1 Å². The minimum absolute atomic E-state index is 0.148. The molecule has 2 rings (SSSR count). The average molecular weight is 397 g/mol. The third kappa shape index (κ3) is 5.36. The van der Waals surface area contributed by atoms with Crippen molar-refractivity contribution in [3.8, 4) is 0 Å². The summed E-state index contributed by atoms with van der Waals surface area (Å²) in [5, 5.41) is 6.49. The molecule has 27 heavy (non-hydrogen) atoms. The normalized spacial score (nSPS) is 10.7. The number of alkyl halides is 2. The Morgan fingerprint density at radius 1 is 1.22 bits per heavy atom. The first-order chi connectivity index (χ1) is 12.7. The monoisotopic (exact) mass is 397 g/mol. The van der Waals surface area contributed by atoms with E-state index in [-0.39, 0.29) is 5.56 Å². The number of benzene rings is 1. The van der Waals surface area contributed by atoms with Crippen LogP contribution in [0.15, 0.2) is 29.2 Å². The number of Topliss-reactive ketones (excluding diaryl/α,β-unsaturated/α-hetero) is 1. The Morgan fingerprint density at radius 2 is 1.85 bits per heavy atom. The molecule has 1 aromatic heterocycles. The Bertz CT molecular complexity index is 866. The molecule has 2 aromatic rings. The van der Waals surface area contributed by atoms with Crippen LogP contribution in [-0.2, 0) is 21.4 Å². The van der Waals surface area contributed by atoms with E-state index in [9.17, 15) is 23.2 Å². The molecule has 1 aromatic carbocycles. The number of rotatable bonds is 7. The van der Waals surface area contributed by atoms with Crippen LogP contribution in [0.1, 0.15) is 21.7 Å². The van der Waals surface area contributed by atoms with E-state index in [4.69, 9.17) is 4.74 Å². The van der Waals surface area contributed by atoms with Crippen molar-refractivity contribution >= 4 is 35.1 Å². The second kappa shape index (κ2) is 8.76. The molecule has 0 bridgehead atoms. The molecule has 1 N–H and O–H groups in total. The molecule has 0 fully saturated rings. The minimum Gasteiger partial charge on any atom is -0.450 e. The summed E-state index contributed by atoms with van der Waals surface area (Å²) in [7, 11) is 1.64. The number of ketones is 1. The number of carbonyl (C=O) groups is 3. The van der Waals surface area contributed by atoms with Crippen molar-refractivity contribution in [2.45, 2.75) is 24.5 Å². The Balaban J connectivity index is 1.89. The Labute approximate surface area is 158 Å². The highest BCUT2D eigenvalue weighted by atomic mass is 32.2. The highest BCUT2D eigenvalue weighted by molar-refractivity contribution is 7.99. The van der Waals surface area contributed by atoms with Crippen LogP contribution >= 0.6 is 11.8 Å². The van der Waals surface area contributed by atoms with Gasteiger partial charge < -0.3 is 10.1 Å². The summed E-state index contributed by atoms with van der Waals surface area (Å²) < 4.78 is 30.7. The van der Waals surface area contributed by atoms with Crippen molar-refractivity contribution < 1.29 is 27.9 Å². The first-order valence-electron chi connectivity index (χ1n) is 7.75. The number of esters is 1. The highest BCUT2D eigenvalue weighted by Gasteiger charge is 2.25. The van der Waals surface area contributed by atoms with Gasteiger partial charge in [-0.25, -0.2) is 4.79 Å². The van der Waals surface area contributed by atoms with E-state index in [1.54, 1.807) is 20.9 Å². The van der Waals surface area contributed by atoms with Crippen LogP contribution in [0.4, 0.5) is 14.5 Å². The molecule has 0 aliphatic rings. The van der Waals surface area contributed by atoms with Crippen molar-refractivity contribution in [3.05, 3.63) is 41.2 Å². The number of halogens is 2. The fourth-order valence-corrected chi connectivity index (χ4v) is 2.82. The number of nitrogens with zero attached hydrogens (tertiary/aromatic N) is 2. The van der Waals surface area contributed by atoms with Crippen LogP contribution in [0.3, 0.4) is 0 Å². The smallest absolute Gasteiger partial charge is 0.380 e. The quantitative estimate of drug-likeness (QED) is 0.334. The maximum atomic E-state index is 12.3. The zero-order chi connectivity index (χ0) is 20.1. The maximum absolute atomic E-state index is 12.3. The molecule has 0 aliphatic heterocycles. The van der Waals surface area contributed by atoms with Gasteiger partial charge >= 0.3 is 5.97 Å². The van der Waals surface area contributed by atoms with E-state index in [2.05, 4.69) is 10.4 Å².